The van der Waals surface area contributed by atoms with Gasteiger partial charge in [0, 0.05) is 19.3 Å². The highest BCUT2D eigenvalue weighted by molar-refractivity contribution is 5.54. The maximum Gasteiger partial charge on any atom is 0.0823 e. The summed E-state index contributed by atoms with van der Waals surface area (Å²) in [6.07, 6.45) is 1.68. The van der Waals surface area contributed by atoms with Crippen molar-refractivity contribution >= 4 is 12.0 Å². The minimum atomic E-state index is 0.789. The number of nitrogens with one attached hydrogen (secondary N) is 1. The summed E-state index contributed by atoms with van der Waals surface area (Å²) in [6.45, 7) is 0.789. The Bertz CT molecular complexity index is 251. The number of nitrogens with two attached hydrogens (primary N) is 1. The molecule has 0 bridgehead atoms. The van der Waals surface area contributed by atoms with Crippen LogP contribution in [0.15, 0.2) is 29.3 Å². The second kappa shape index (κ2) is 4.38. The molecule has 3 heteroatoms. The first-order valence-corrected chi connectivity index (χ1v) is 3.81. The Hall–Kier alpha value is -1.51. The Morgan fingerprint density at radius 2 is 2.08 bits per heavy atom. The lowest BCUT2D eigenvalue weighted by molar-refractivity contribution is 0.931. The van der Waals surface area contributed by atoms with Gasteiger partial charge in [-0.15, -0.1) is 0 Å². The van der Waals surface area contributed by atoms with Gasteiger partial charge in [0.2, 0.25) is 0 Å². The molecule has 0 atom stereocenters. The minimum absolute atomic E-state index is 0.789. The largest absolute Gasteiger partial charge is 0.399 e. The van der Waals surface area contributed by atoms with Gasteiger partial charge in [-0.1, -0.05) is 12.1 Å². The third-order valence-corrected chi connectivity index (χ3v) is 1.51. The molecule has 0 unspecified atom stereocenters. The molecule has 1 rings (SSSR count). The lowest BCUT2D eigenvalue weighted by Gasteiger charge is -2.00. The van der Waals surface area contributed by atoms with Crippen molar-refractivity contribution in [3.63, 3.8) is 0 Å². The van der Waals surface area contributed by atoms with Crippen molar-refractivity contribution in [2.45, 2.75) is 6.54 Å². The molecular weight excluding hydrogens is 150 g/mol. The third-order valence-electron chi connectivity index (χ3n) is 1.51. The van der Waals surface area contributed by atoms with E-state index >= 15 is 0 Å². The molecule has 3 nitrogen and oxygen atoms in total. The molecule has 0 aliphatic rings. The second-order valence-electron chi connectivity index (χ2n) is 2.51. The molecule has 0 fully saturated rings. The van der Waals surface area contributed by atoms with Crippen LogP contribution in [0.4, 0.5) is 5.69 Å². The summed E-state index contributed by atoms with van der Waals surface area (Å²) in [5.74, 6) is 0. The molecule has 12 heavy (non-hydrogen) atoms. The first kappa shape index (κ1) is 8.59. The van der Waals surface area contributed by atoms with Crippen LogP contribution in [0.3, 0.4) is 0 Å². The molecular formula is C9H13N3. The van der Waals surface area contributed by atoms with Crippen molar-refractivity contribution in [2.75, 3.05) is 12.8 Å². The van der Waals surface area contributed by atoms with Crippen LogP contribution in [0, 0.1) is 0 Å². The van der Waals surface area contributed by atoms with Gasteiger partial charge in [-0.2, -0.15) is 0 Å². The highest BCUT2D eigenvalue weighted by Gasteiger charge is 1.88. The summed E-state index contributed by atoms with van der Waals surface area (Å²) in [5.41, 5.74) is 7.53. The van der Waals surface area contributed by atoms with Crippen molar-refractivity contribution in [1.82, 2.24) is 5.32 Å². The molecule has 0 aliphatic carbocycles. The highest BCUT2D eigenvalue weighted by Crippen LogP contribution is 2.04. The van der Waals surface area contributed by atoms with E-state index in [1.807, 2.05) is 24.3 Å². The minimum Gasteiger partial charge on any atom is -0.399 e. The Morgan fingerprint density at radius 3 is 2.67 bits per heavy atom. The van der Waals surface area contributed by atoms with Crippen LogP contribution in [0.5, 0.6) is 0 Å². The van der Waals surface area contributed by atoms with Gasteiger partial charge in [0.05, 0.1) is 6.34 Å². The zero-order valence-corrected chi connectivity index (χ0v) is 7.12. The monoisotopic (exact) mass is 163 g/mol. The van der Waals surface area contributed by atoms with E-state index in [2.05, 4.69) is 10.3 Å². The number of benzene rings is 1. The predicted octanol–water partition coefficient (Wildman–Crippen LogP) is 1.02. The highest BCUT2D eigenvalue weighted by atomic mass is 14.9. The van der Waals surface area contributed by atoms with Crippen LogP contribution in [-0.2, 0) is 6.54 Å². The topological polar surface area (TPSA) is 50.4 Å². The lowest BCUT2D eigenvalue weighted by Crippen LogP contribution is -2.09. The van der Waals surface area contributed by atoms with Crippen molar-refractivity contribution in [3.8, 4) is 0 Å². The molecule has 0 saturated carbocycles. The van der Waals surface area contributed by atoms with Crippen molar-refractivity contribution < 1.29 is 0 Å². The maximum atomic E-state index is 5.53. The zero-order chi connectivity index (χ0) is 8.81. The van der Waals surface area contributed by atoms with Gasteiger partial charge in [0.15, 0.2) is 0 Å². The van der Waals surface area contributed by atoms with Gasteiger partial charge in [-0.05, 0) is 17.7 Å². The fraction of sp³-hybridized carbons (Fsp3) is 0.222. The average Bonchev–Trinajstić information content (AvgIpc) is 2.09. The number of anilines is 1. The molecule has 1 aromatic rings. The lowest BCUT2D eigenvalue weighted by atomic mass is 10.2. The molecule has 0 saturated heterocycles. The molecule has 0 heterocycles. The summed E-state index contributed by atoms with van der Waals surface area (Å²) in [7, 11) is 1.73. The van der Waals surface area contributed by atoms with Gasteiger partial charge in [-0.3, -0.25) is 4.99 Å². The smallest absolute Gasteiger partial charge is 0.0823 e. The van der Waals surface area contributed by atoms with Crippen LogP contribution in [0.1, 0.15) is 5.56 Å². The summed E-state index contributed by atoms with van der Waals surface area (Å²) in [4.78, 5) is 3.81. The van der Waals surface area contributed by atoms with E-state index in [1.54, 1.807) is 13.4 Å². The molecule has 0 amide bonds. The van der Waals surface area contributed by atoms with Gasteiger partial charge < -0.3 is 11.1 Å². The first-order valence-electron chi connectivity index (χ1n) is 3.81. The van der Waals surface area contributed by atoms with Gasteiger partial charge >= 0.3 is 0 Å². The maximum absolute atomic E-state index is 5.53. The quantitative estimate of drug-likeness (QED) is 0.397. The zero-order valence-electron chi connectivity index (χ0n) is 7.12. The van der Waals surface area contributed by atoms with Crippen molar-refractivity contribution in [1.29, 1.82) is 0 Å². The predicted molar refractivity (Wildman–Crippen MR) is 52.1 cm³/mol. The molecule has 1 aromatic carbocycles. The van der Waals surface area contributed by atoms with E-state index < -0.39 is 0 Å². The molecule has 0 radical (unpaired) electrons. The van der Waals surface area contributed by atoms with E-state index in [-0.39, 0.29) is 0 Å². The number of nitrogens with zero attached hydrogens (tertiary/aromatic N) is 1. The molecule has 0 spiro atoms. The number of nitrogen functional groups attached to an aromatic ring is 1. The van der Waals surface area contributed by atoms with Crippen LogP contribution in [0.2, 0.25) is 0 Å². The fourth-order valence-electron chi connectivity index (χ4n) is 0.890. The fourth-order valence-corrected chi connectivity index (χ4v) is 0.890. The third kappa shape index (κ3) is 2.62. The van der Waals surface area contributed by atoms with Crippen LogP contribution in [-0.4, -0.2) is 13.4 Å². The van der Waals surface area contributed by atoms with E-state index in [4.69, 9.17) is 5.73 Å². The van der Waals surface area contributed by atoms with Crippen LogP contribution in [0.25, 0.3) is 0 Å². The normalized spacial score (nSPS) is 10.4. The number of aliphatic imine (C=N–C) groups is 1. The summed E-state index contributed by atoms with van der Waals surface area (Å²) >= 11 is 0. The Morgan fingerprint density at radius 1 is 1.42 bits per heavy atom. The van der Waals surface area contributed by atoms with Crippen molar-refractivity contribution in [3.05, 3.63) is 29.8 Å². The Balaban J connectivity index is 2.47. The summed E-state index contributed by atoms with van der Waals surface area (Å²) in [5, 5.41) is 3.04. The number of hydrogen-bond donors (Lipinski definition) is 2. The van der Waals surface area contributed by atoms with E-state index in [0.29, 0.717) is 0 Å². The van der Waals surface area contributed by atoms with Gasteiger partial charge in [0.25, 0.3) is 0 Å². The first-order chi connectivity index (χ1) is 5.83. The standard InChI is InChI=1S/C9H13N3/c1-11-7-12-6-8-2-4-9(10)5-3-8/h2-5,7H,6,10H2,1H3,(H,11,12). The molecule has 0 aliphatic heterocycles. The average molecular weight is 163 g/mol. The molecule has 3 N–H and O–H groups in total. The van der Waals surface area contributed by atoms with E-state index in [9.17, 15) is 0 Å². The van der Waals surface area contributed by atoms with Gasteiger partial charge in [-0.25, -0.2) is 0 Å². The summed E-state index contributed by atoms with van der Waals surface area (Å²) < 4.78 is 0. The second-order valence-corrected chi connectivity index (χ2v) is 2.51. The number of rotatable bonds is 3. The number of hydrogen-bond acceptors (Lipinski definition) is 2. The Labute approximate surface area is 72.3 Å². The summed E-state index contributed by atoms with van der Waals surface area (Å²) in [6, 6.07) is 7.76. The van der Waals surface area contributed by atoms with E-state index in [1.165, 1.54) is 5.56 Å². The SMILES string of the molecule is CN=CNCc1ccc(N)cc1. The van der Waals surface area contributed by atoms with Crippen molar-refractivity contribution in [2.24, 2.45) is 4.99 Å². The molecule has 64 valence electrons. The van der Waals surface area contributed by atoms with Gasteiger partial charge in [0.1, 0.15) is 0 Å². The van der Waals surface area contributed by atoms with E-state index in [0.717, 1.165) is 12.2 Å². The van der Waals surface area contributed by atoms with Crippen LogP contribution >= 0.6 is 0 Å². The molecule has 0 aromatic heterocycles. The Kier molecular flexibility index (Phi) is 3.14. The van der Waals surface area contributed by atoms with Crippen LogP contribution < -0.4 is 11.1 Å².